The number of rotatable bonds is 6. The molecule has 0 saturated carbocycles. The predicted molar refractivity (Wildman–Crippen MR) is 87.9 cm³/mol. The molecule has 23 heavy (non-hydrogen) atoms. The van der Waals surface area contributed by atoms with Crippen molar-refractivity contribution in [1.29, 1.82) is 0 Å². The van der Waals surface area contributed by atoms with Gasteiger partial charge in [0.1, 0.15) is 5.75 Å². The van der Waals surface area contributed by atoms with Gasteiger partial charge in [0.05, 0.1) is 12.0 Å². The molecular formula is C17H16N2O4. The van der Waals surface area contributed by atoms with E-state index in [4.69, 9.17) is 4.74 Å². The molecule has 6 heteroatoms. The zero-order valence-electron chi connectivity index (χ0n) is 12.8. The number of anilines is 1. The molecule has 0 aliphatic rings. The average Bonchev–Trinajstić information content (AvgIpc) is 2.56. The number of carbonyl (C=O) groups excluding carboxylic acids is 1. The number of nitrogens with zero attached hydrogens (tertiary/aromatic N) is 1. The monoisotopic (exact) mass is 312 g/mol. The SMILES string of the molecule is COc1ccc(C(=O)/C=C\Nc2cc([N+](=O)[O-])ccc2C)cc1. The number of hydrogen-bond acceptors (Lipinski definition) is 5. The van der Waals surface area contributed by atoms with Crippen molar-refractivity contribution < 1.29 is 14.5 Å². The van der Waals surface area contributed by atoms with Crippen molar-refractivity contribution in [2.75, 3.05) is 12.4 Å². The lowest BCUT2D eigenvalue weighted by Crippen LogP contribution is -1.98. The lowest BCUT2D eigenvalue weighted by molar-refractivity contribution is -0.384. The van der Waals surface area contributed by atoms with Crippen molar-refractivity contribution in [2.45, 2.75) is 6.92 Å². The standard InChI is InChI=1S/C17H16N2O4/c1-12-3-6-14(19(21)22)11-16(12)18-10-9-17(20)13-4-7-15(23-2)8-5-13/h3-11,18H,1-2H3/b10-9-. The lowest BCUT2D eigenvalue weighted by atomic mass is 10.1. The Hall–Kier alpha value is -3.15. The molecule has 0 saturated heterocycles. The van der Waals surface area contributed by atoms with E-state index in [9.17, 15) is 14.9 Å². The first-order valence-electron chi connectivity index (χ1n) is 6.88. The number of nitro groups is 1. The first-order chi connectivity index (χ1) is 11.0. The van der Waals surface area contributed by atoms with Gasteiger partial charge >= 0.3 is 0 Å². The van der Waals surface area contributed by atoms with Crippen molar-refractivity contribution in [3.63, 3.8) is 0 Å². The van der Waals surface area contributed by atoms with E-state index < -0.39 is 4.92 Å². The van der Waals surface area contributed by atoms with E-state index >= 15 is 0 Å². The Balaban J connectivity index is 2.07. The van der Waals surface area contributed by atoms with Gasteiger partial charge in [-0.05, 0) is 36.8 Å². The van der Waals surface area contributed by atoms with Gasteiger partial charge in [0, 0.05) is 35.7 Å². The highest BCUT2D eigenvalue weighted by molar-refractivity contribution is 6.04. The molecule has 2 aromatic rings. The molecule has 0 heterocycles. The Morgan fingerprint density at radius 2 is 1.91 bits per heavy atom. The number of ketones is 1. The fourth-order valence-corrected chi connectivity index (χ4v) is 1.94. The van der Waals surface area contributed by atoms with E-state index in [2.05, 4.69) is 5.32 Å². The third kappa shape index (κ3) is 4.16. The Bertz CT molecular complexity index is 752. The van der Waals surface area contributed by atoms with Crippen LogP contribution in [-0.2, 0) is 0 Å². The van der Waals surface area contributed by atoms with Crippen LogP contribution in [0.25, 0.3) is 0 Å². The third-order valence-corrected chi connectivity index (χ3v) is 3.28. The van der Waals surface area contributed by atoms with Gasteiger partial charge in [0.15, 0.2) is 5.78 Å². The Morgan fingerprint density at radius 3 is 2.52 bits per heavy atom. The van der Waals surface area contributed by atoms with Gasteiger partial charge in [-0.1, -0.05) is 6.07 Å². The maximum Gasteiger partial charge on any atom is 0.271 e. The Labute approximate surface area is 133 Å². The van der Waals surface area contributed by atoms with Crippen molar-refractivity contribution >= 4 is 17.2 Å². The number of benzene rings is 2. The number of methoxy groups -OCH3 is 1. The van der Waals surface area contributed by atoms with E-state index in [0.29, 0.717) is 17.0 Å². The summed E-state index contributed by atoms with van der Waals surface area (Å²) in [5, 5.41) is 13.7. The normalized spacial score (nSPS) is 10.5. The summed E-state index contributed by atoms with van der Waals surface area (Å²) >= 11 is 0. The van der Waals surface area contributed by atoms with E-state index in [1.165, 1.54) is 24.4 Å². The summed E-state index contributed by atoms with van der Waals surface area (Å²) in [6.07, 6.45) is 2.85. The van der Waals surface area contributed by atoms with Crippen LogP contribution in [0.3, 0.4) is 0 Å². The molecule has 1 N–H and O–H groups in total. The van der Waals surface area contributed by atoms with Crippen LogP contribution in [0.15, 0.2) is 54.7 Å². The van der Waals surface area contributed by atoms with E-state index in [0.717, 1.165) is 5.56 Å². The second-order valence-electron chi connectivity index (χ2n) is 4.83. The van der Waals surface area contributed by atoms with Gasteiger partial charge < -0.3 is 10.1 Å². The van der Waals surface area contributed by atoms with Crippen LogP contribution in [-0.4, -0.2) is 17.8 Å². The highest BCUT2D eigenvalue weighted by atomic mass is 16.6. The van der Waals surface area contributed by atoms with E-state index in [1.807, 2.05) is 6.92 Å². The molecule has 0 unspecified atom stereocenters. The van der Waals surface area contributed by atoms with Crippen molar-refractivity contribution in [3.05, 3.63) is 76.0 Å². The topological polar surface area (TPSA) is 81.5 Å². The minimum Gasteiger partial charge on any atom is -0.497 e. The number of aryl methyl sites for hydroxylation is 1. The largest absolute Gasteiger partial charge is 0.497 e. The smallest absolute Gasteiger partial charge is 0.271 e. The maximum atomic E-state index is 12.0. The highest BCUT2D eigenvalue weighted by Crippen LogP contribution is 2.21. The summed E-state index contributed by atoms with van der Waals surface area (Å²) in [5.74, 6) is 0.499. The Morgan fingerprint density at radius 1 is 1.22 bits per heavy atom. The van der Waals surface area contributed by atoms with Gasteiger partial charge in [-0.2, -0.15) is 0 Å². The zero-order valence-corrected chi connectivity index (χ0v) is 12.8. The molecule has 0 radical (unpaired) electrons. The quantitative estimate of drug-likeness (QED) is 0.380. The number of nitro benzene ring substituents is 1. The highest BCUT2D eigenvalue weighted by Gasteiger charge is 2.07. The number of carbonyl (C=O) groups is 1. The van der Waals surface area contributed by atoms with Crippen LogP contribution in [0, 0.1) is 17.0 Å². The molecule has 118 valence electrons. The van der Waals surface area contributed by atoms with Gasteiger partial charge in [-0.25, -0.2) is 0 Å². The number of allylic oxidation sites excluding steroid dienone is 1. The van der Waals surface area contributed by atoms with Crippen molar-refractivity contribution in [3.8, 4) is 5.75 Å². The van der Waals surface area contributed by atoms with Gasteiger partial charge in [-0.15, -0.1) is 0 Å². The number of non-ortho nitro benzene ring substituents is 1. The predicted octanol–water partition coefficient (Wildman–Crippen LogP) is 3.72. The zero-order chi connectivity index (χ0) is 16.8. The second-order valence-corrected chi connectivity index (χ2v) is 4.83. The van der Waals surface area contributed by atoms with Crippen LogP contribution in [0.5, 0.6) is 5.75 Å². The average molecular weight is 312 g/mol. The molecule has 0 aromatic heterocycles. The minimum atomic E-state index is -0.461. The van der Waals surface area contributed by atoms with Crippen LogP contribution in [0.4, 0.5) is 11.4 Å². The molecule has 0 atom stereocenters. The fourth-order valence-electron chi connectivity index (χ4n) is 1.94. The number of nitrogens with one attached hydrogen (secondary N) is 1. The van der Waals surface area contributed by atoms with Crippen LogP contribution >= 0.6 is 0 Å². The molecule has 0 amide bonds. The molecule has 2 rings (SSSR count). The Kier molecular flexibility index (Phi) is 5.09. The van der Waals surface area contributed by atoms with E-state index in [-0.39, 0.29) is 11.5 Å². The summed E-state index contributed by atoms with van der Waals surface area (Å²) in [6, 6.07) is 11.3. The van der Waals surface area contributed by atoms with Gasteiger partial charge in [0.25, 0.3) is 5.69 Å². The second kappa shape index (κ2) is 7.22. The molecular weight excluding hydrogens is 296 g/mol. The molecule has 0 fully saturated rings. The first kappa shape index (κ1) is 16.2. The summed E-state index contributed by atoms with van der Waals surface area (Å²) < 4.78 is 5.03. The molecule has 2 aromatic carbocycles. The van der Waals surface area contributed by atoms with Crippen LogP contribution in [0.2, 0.25) is 0 Å². The third-order valence-electron chi connectivity index (χ3n) is 3.28. The lowest BCUT2D eigenvalue weighted by Gasteiger charge is -2.05. The first-order valence-corrected chi connectivity index (χ1v) is 6.88. The number of ether oxygens (including phenoxy) is 1. The summed E-state index contributed by atoms with van der Waals surface area (Å²) in [7, 11) is 1.56. The molecule has 0 aliphatic heterocycles. The molecule has 0 bridgehead atoms. The maximum absolute atomic E-state index is 12.0. The fraction of sp³-hybridized carbons (Fsp3) is 0.118. The van der Waals surface area contributed by atoms with Crippen LogP contribution in [0.1, 0.15) is 15.9 Å². The molecule has 0 spiro atoms. The summed E-state index contributed by atoms with van der Waals surface area (Å²) in [6.45, 7) is 1.82. The van der Waals surface area contributed by atoms with Crippen LogP contribution < -0.4 is 10.1 Å². The summed E-state index contributed by atoms with van der Waals surface area (Å²) in [5.41, 5.74) is 1.95. The van der Waals surface area contributed by atoms with Gasteiger partial charge in [-0.3, -0.25) is 14.9 Å². The number of hydrogen-bond donors (Lipinski definition) is 1. The molecule has 6 nitrogen and oxygen atoms in total. The minimum absolute atomic E-state index is 0.00650. The van der Waals surface area contributed by atoms with Crippen molar-refractivity contribution in [2.24, 2.45) is 0 Å². The molecule has 0 aliphatic carbocycles. The van der Waals surface area contributed by atoms with E-state index in [1.54, 1.807) is 37.4 Å². The van der Waals surface area contributed by atoms with Gasteiger partial charge in [0.2, 0.25) is 0 Å². The van der Waals surface area contributed by atoms with Crippen molar-refractivity contribution in [1.82, 2.24) is 0 Å². The summed E-state index contributed by atoms with van der Waals surface area (Å²) in [4.78, 5) is 22.3.